The van der Waals surface area contributed by atoms with E-state index in [0.29, 0.717) is 24.3 Å². The summed E-state index contributed by atoms with van der Waals surface area (Å²) in [7, 11) is 0. The Morgan fingerprint density at radius 1 is 1.37 bits per heavy atom. The molecule has 0 fully saturated rings. The molecule has 108 valence electrons. The van der Waals surface area contributed by atoms with Gasteiger partial charge in [0.25, 0.3) is 5.56 Å². The van der Waals surface area contributed by atoms with Crippen molar-refractivity contribution in [1.82, 2.24) is 9.55 Å². The van der Waals surface area contributed by atoms with Crippen LogP contribution in [0.25, 0.3) is 0 Å². The highest BCUT2D eigenvalue weighted by Crippen LogP contribution is 2.15. The average Bonchev–Trinajstić information content (AvgIpc) is 2.39. The van der Waals surface area contributed by atoms with E-state index in [9.17, 15) is 4.79 Å². The van der Waals surface area contributed by atoms with E-state index in [2.05, 4.69) is 18.8 Å². The van der Waals surface area contributed by atoms with Crippen LogP contribution in [0.15, 0.2) is 17.2 Å². The van der Waals surface area contributed by atoms with Gasteiger partial charge in [-0.2, -0.15) is 0 Å². The normalized spacial score (nSPS) is 11.3. The van der Waals surface area contributed by atoms with E-state index in [1.54, 1.807) is 17.0 Å². The topological polar surface area (TPSA) is 38.1 Å². The van der Waals surface area contributed by atoms with Gasteiger partial charge in [0.1, 0.15) is 0 Å². The highest BCUT2D eigenvalue weighted by atomic mass is 35.5. The second kappa shape index (κ2) is 7.53. The van der Waals surface area contributed by atoms with Gasteiger partial charge in [-0.15, -0.1) is 11.6 Å². The van der Waals surface area contributed by atoms with E-state index in [4.69, 9.17) is 11.6 Å². The summed E-state index contributed by atoms with van der Waals surface area (Å²) in [5.74, 6) is 1.01. The molecule has 0 saturated heterocycles. The van der Waals surface area contributed by atoms with Gasteiger partial charge in [-0.3, -0.25) is 4.79 Å². The molecule has 1 rings (SSSR count). The van der Waals surface area contributed by atoms with Gasteiger partial charge in [-0.1, -0.05) is 13.8 Å². The van der Waals surface area contributed by atoms with E-state index in [0.717, 1.165) is 12.8 Å². The molecule has 1 aromatic heterocycles. The van der Waals surface area contributed by atoms with Crippen molar-refractivity contribution in [2.45, 2.75) is 52.6 Å². The Kier molecular flexibility index (Phi) is 6.35. The quantitative estimate of drug-likeness (QED) is 0.723. The van der Waals surface area contributed by atoms with Crippen molar-refractivity contribution in [3.63, 3.8) is 0 Å². The molecule has 0 bridgehead atoms. The van der Waals surface area contributed by atoms with Gasteiger partial charge in [-0.25, -0.2) is 4.98 Å². The van der Waals surface area contributed by atoms with Crippen LogP contribution in [0.4, 0.5) is 5.82 Å². The van der Waals surface area contributed by atoms with Crippen LogP contribution < -0.4 is 10.5 Å². The third kappa shape index (κ3) is 3.72. The summed E-state index contributed by atoms with van der Waals surface area (Å²) in [5.41, 5.74) is -0.0329. The lowest BCUT2D eigenvalue weighted by molar-refractivity contribution is 0.539. The Hall–Kier alpha value is -1.03. The Balaban J connectivity index is 3.23. The fraction of sp³-hybridized carbons (Fsp3) is 0.714. The van der Waals surface area contributed by atoms with E-state index in [1.165, 1.54) is 0 Å². The highest BCUT2D eigenvalue weighted by Gasteiger charge is 2.20. The molecule has 1 heterocycles. The molecule has 0 aliphatic heterocycles. The first kappa shape index (κ1) is 16.0. The van der Waals surface area contributed by atoms with Crippen molar-refractivity contribution in [3.05, 3.63) is 22.7 Å². The lowest BCUT2D eigenvalue weighted by atomic mass is 10.1. The fourth-order valence-electron chi connectivity index (χ4n) is 2.30. The van der Waals surface area contributed by atoms with Crippen LogP contribution in [-0.4, -0.2) is 28.0 Å². The summed E-state index contributed by atoms with van der Waals surface area (Å²) in [5, 5.41) is 0. The molecule has 0 saturated carbocycles. The minimum absolute atomic E-state index is 0.0329. The highest BCUT2D eigenvalue weighted by molar-refractivity contribution is 6.18. The molecule has 1 aromatic rings. The van der Waals surface area contributed by atoms with Crippen molar-refractivity contribution in [1.29, 1.82) is 0 Å². The molecular formula is C14H24ClN3O. The van der Waals surface area contributed by atoms with Gasteiger partial charge in [-0.05, 0) is 26.7 Å². The van der Waals surface area contributed by atoms with Crippen molar-refractivity contribution >= 4 is 17.4 Å². The zero-order valence-electron chi connectivity index (χ0n) is 12.3. The molecule has 0 spiro atoms. The van der Waals surface area contributed by atoms with Gasteiger partial charge in [0.15, 0.2) is 5.82 Å². The largest absolute Gasteiger partial charge is 0.348 e. The molecule has 0 unspecified atom stereocenters. The molecule has 0 radical (unpaired) electrons. The number of nitrogens with zero attached hydrogens (tertiary/aromatic N) is 3. The smallest absolute Gasteiger partial charge is 0.293 e. The zero-order valence-corrected chi connectivity index (χ0v) is 13.0. The maximum atomic E-state index is 12.5. The lowest BCUT2D eigenvalue weighted by Crippen LogP contribution is -2.41. The van der Waals surface area contributed by atoms with Gasteiger partial charge in [0.2, 0.25) is 0 Å². The third-order valence-corrected chi connectivity index (χ3v) is 3.56. The summed E-state index contributed by atoms with van der Waals surface area (Å²) in [6.07, 6.45) is 5.39. The Bertz CT molecular complexity index is 441. The lowest BCUT2D eigenvalue weighted by Gasteiger charge is -2.30. The minimum atomic E-state index is -0.0329. The van der Waals surface area contributed by atoms with Crippen LogP contribution in [0, 0.1) is 0 Å². The van der Waals surface area contributed by atoms with Crippen LogP contribution >= 0.6 is 11.6 Å². The third-order valence-electron chi connectivity index (χ3n) is 3.39. The molecule has 0 aromatic carbocycles. The number of alkyl halides is 1. The van der Waals surface area contributed by atoms with Gasteiger partial charge in [0, 0.05) is 36.9 Å². The summed E-state index contributed by atoms with van der Waals surface area (Å²) >= 11 is 5.88. The number of hydrogen-bond acceptors (Lipinski definition) is 3. The first-order valence-electron chi connectivity index (χ1n) is 6.96. The number of rotatable bonds is 7. The number of halogens is 1. The van der Waals surface area contributed by atoms with Crippen molar-refractivity contribution in [3.8, 4) is 0 Å². The van der Waals surface area contributed by atoms with Gasteiger partial charge >= 0.3 is 0 Å². The predicted molar refractivity (Wildman–Crippen MR) is 81.3 cm³/mol. The molecule has 4 nitrogen and oxygen atoms in total. The molecule has 19 heavy (non-hydrogen) atoms. The molecular weight excluding hydrogens is 262 g/mol. The van der Waals surface area contributed by atoms with Gasteiger partial charge < -0.3 is 9.47 Å². The summed E-state index contributed by atoms with van der Waals surface area (Å²) in [6, 6.07) is 0.441. The maximum Gasteiger partial charge on any atom is 0.293 e. The predicted octanol–water partition coefficient (Wildman–Crippen LogP) is 3.06. The van der Waals surface area contributed by atoms with Crippen molar-refractivity contribution < 1.29 is 0 Å². The maximum absolute atomic E-state index is 12.5. The van der Waals surface area contributed by atoms with Crippen LogP contribution in [-0.2, 0) is 0 Å². The Morgan fingerprint density at radius 2 is 2.00 bits per heavy atom. The second-order valence-electron chi connectivity index (χ2n) is 4.91. The first-order chi connectivity index (χ1) is 9.06. The van der Waals surface area contributed by atoms with Crippen LogP contribution in [0.1, 0.15) is 46.6 Å². The van der Waals surface area contributed by atoms with Gasteiger partial charge in [0.05, 0.1) is 0 Å². The second-order valence-corrected chi connectivity index (χ2v) is 5.29. The van der Waals surface area contributed by atoms with Crippen molar-refractivity contribution in [2.75, 3.05) is 17.3 Å². The van der Waals surface area contributed by atoms with Crippen LogP contribution in [0.2, 0.25) is 0 Å². The zero-order chi connectivity index (χ0) is 14.4. The average molecular weight is 286 g/mol. The summed E-state index contributed by atoms with van der Waals surface area (Å²) < 4.78 is 1.71. The standard InChI is InChI=1S/C14H24ClN3O/c1-5-12(6-2)18(9-7-15)13-14(19)17(11(3)4)10-8-16-13/h8,10-12H,5-7,9H2,1-4H3. The molecule has 0 amide bonds. The first-order valence-corrected chi connectivity index (χ1v) is 7.49. The van der Waals surface area contributed by atoms with Crippen LogP contribution in [0.3, 0.4) is 0 Å². The monoisotopic (exact) mass is 285 g/mol. The van der Waals surface area contributed by atoms with E-state index < -0.39 is 0 Å². The molecule has 0 atom stereocenters. The molecule has 0 aliphatic rings. The minimum Gasteiger partial charge on any atom is -0.348 e. The van der Waals surface area contributed by atoms with Crippen molar-refractivity contribution in [2.24, 2.45) is 0 Å². The van der Waals surface area contributed by atoms with E-state index >= 15 is 0 Å². The fourth-order valence-corrected chi connectivity index (χ4v) is 2.48. The number of hydrogen-bond donors (Lipinski definition) is 0. The SMILES string of the molecule is CCC(CC)N(CCCl)c1nccn(C(C)C)c1=O. The Morgan fingerprint density at radius 3 is 2.47 bits per heavy atom. The number of aromatic nitrogens is 2. The summed E-state index contributed by atoms with van der Waals surface area (Å²) in [4.78, 5) is 18.8. The Labute approximate surface area is 120 Å². The summed E-state index contributed by atoms with van der Waals surface area (Å²) in [6.45, 7) is 8.89. The van der Waals surface area contributed by atoms with E-state index in [1.807, 2.05) is 18.7 Å². The molecule has 0 N–H and O–H groups in total. The number of anilines is 1. The molecule has 0 aliphatic carbocycles. The molecule has 5 heteroatoms. The van der Waals surface area contributed by atoms with Crippen LogP contribution in [0.5, 0.6) is 0 Å². The van der Waals surface area contributed by atoms with E-state index in [-0.39, 0.29) is 11.6 Å².